The highest BCUT2D eigenvalue weighted by Crippen LogP contribution is 2.14. The molecule has 1 atom stereocenters. The fourth-order valence-electron chi connectivity index (χ4n) is 1.16. The van der Waals surface area contributed by atoms with Crippen molar-refractivity contribution in [1.29, 1.82) is 5.26 Å². The first kappa shape index (κ1) is 13.3. The van der Waals surface area contributed by atoms with E-state index in [0.29, 0.717) is 11.3 Å². The molecule has 0 saturated carbocycles. The maximum absolute atomic E-state index is 11.7. The van der Waals surface area contributed by atoms with Gasteiger partial charge in [0.1, 0.15) is 11.8 Å². The molecule has 5 nitrogen and oxygen atoms in total. The molecule has 0 aliphatic rings. The third kappa shape index (κ3) is 3.33. The molecule has 0 fully saturated rings. The normalized spacial score (nSPS) is 14.1. The molecule has 1 rings (SSSR count). The van der Waals surface area contributed by atoms with Gasteiger partial charge in [-0.1, -0.05) is 13.8 Å². The van der Waals surface area contributed by atoms with Gasteiger partial charge in [0, 0.05) is 12.7 Å². The Morgan fingerprint density at radius 1 is 1.71 bits per heavy atom. The quantitative estimate of drug-likeness (QED) is 0.728. The molecule has 1 amide bonds. The summed E-state index contributed by atoms with van der Waals surface area (Å²) in [6, 6.07) is 3.38. The molecule has 1 unspecified atom stereocenters. The zero-order valence-electron chi connectivity index (χ0n) is 10.2. The van der Waals surface area contributed by atoms with Crippen LogP contribution in [0.4, 0.5) is 0 Å². The number of H-pyrrole nitrogens is 1. The zero-order chi connectivity index (χ0) is 13.1. The van der Waals surface area contributed by atoms with Crippen LogP contribution in [0.25, 0.3) is 0 Å². The van der Waals surface area contributed by atoms with Crippen molar-refractivity contribution in [2.75, 3.05) is 6.54 Å². The van der Waals surface area contributed by atoms with Crippen LogP contribution in [0.15, 0.2) is 12.3 Å². The first-order valence-corrected chi connectivity index (χ1v) is 5.46. The molecule has 3 N–H and O–H groups in total. The van der Waals surface area contributed by atoms with E-state index in [1.807, 2.05) is 19.9 Å². The minimum atomic E-state index is -0.940. The lowest BCUT2D eigenvalue weighted by Gasteiger charge is -2.27. The molecule has 0 aromatic carbocycles. The Bertz CT molecular complexity index is 441. The Hall–Kier alpha value is -1.80. The van der Waals surface area contributed by atoms with Crippen molar-refractivity contribution in [2.24, 2.45) is 5.92 Å². The Morgan fingerprint density at radius 2 is 2.35 bits per heavy atom. The fourth-order valence-corrected chi connectivity index (χ4v) is 1.16. The average Bonchev–Trinajstić information content (AvgIpc) is 2.74. The van der Waals surface area contributed by atoms with Gasteiger partial charge < -0.3 is 15.4 Å². The van der Waals surface area contributed by atoms with Crippen molar-refractivity contribution in [1.82, 2.24) is 10.3 Å². The lowest BCUT2D eigenvalue weighted by molar-refractivity contribution is 0.0142. The van der Waals surface area contributed by atoms with Crippen molar-refractivity contribution >= 4 is 5.91 Å². The second-order valence-corrected chi connectivity index (χ2v) is 4.61. The van der Waals surface area contributed by atoms with Crippen LogP contribution in [-0.2, 0) is 0 Å². The van der Waals surface area contributed by atoms with E-state index in [9.17, 15) is 9.90 Å². The Labute approximate surface area is 100 Å². The summed E-state index contributed by atoms with van der Waals surface area (Å²) >= 11 is 0. The topological polar surface area (TPSA) is 88.9 Å². The van der Waals surface area contributed by atoms with E-state index in [4.69, 9.17) is 5.26 Å². The van der Waals surface area contributed by atoms with Gasteiger partial charge in [-0.2, -0.15) is 5.26 Å². The summed E-state index contributed by atoms with van der Waals surface area (Å²) < 4.78 is 0. The van der Waals surface area contributed by atoms with Crippen LogP contribution in [0.3, 0.4) is 0 Å². The third-order valence-corrected chi connectivity index (χ3v) is 2.92. The molecule has 1 aromatic heterocycles. The number of rotatable bonds is 4. The summed E-state index contributed by atoms with van der Waals surface area (Å²) in [4.78, 5) is 14.4. The molecule has 1 aromatic rings. The number of nitriles is 1. The summed E-state index contributed by atoms with van der Waals surface area (Å²) in [5, 5.41) is 21.2. The molecule has 92 valence electrons. The number of nitrogens with one attached hydrogen (secondary N) is 2. The standard InChI is InChI=1S/C12H17N3O2/c1-8(2)12(3,17)7-15-11(16)9-4-10(5-13)14-6-9/h4,6,8,14,17H,7H2,1-3H3,(H,15,16). The van der Waals surface area contributed by atoms with Crippen molar-refractivity contribution in [3.8, 4) is 6.07 Å². The number of amides is 1. The predicted octanol–water partition coefficient (Wildman–Crippen LogP) is 1.02. The molecule has 0 saturated heterocycles. The summed E-state index contributed by atoms with van der Waals surface area (Å²) in [5.41, 5.74) is -0.212. The number of aromatic nitrogens is 1. The summed E-state index contributed by atoms with van der Waals surface area (Å²) in [5.74, 6) is -0.257. The molecule has 1 heterocycles. The number of hydrogen-bond donors (Lipinski definition) is 3. The summed E-state index contributed by atoms with van der Waals surface area (Å²) in [6.45, 7) is 5.62. The van der Waals surface area contributed by atoms with E-state index in [-0.39, 0.29) is 18.4 Å². The maximum Gasteiger partial charge on any atom is 0.252 e. The second kappa shape index (κ2) is 5.02. The number of carbonyl (C=O) groups is 1. The van der Waals surface area contributed by atoms with Crippen molar-refractivity contribution in [3.63, 3.8) is 0 Å². The van der Waals surface area contributed by atoms with E-state index in [1.165, 1.54) is 12.3 Å². The summed E-state index contributed by atoms with van der Waals surface area (Å²) in [6.07, 6.45) is 1.47. The van der Waals surface area contributed by atoms with Gasteiger partial charge in [-0.25, -0.2) is 0 Å². The molecule has 17 heavy (non-hydrogen) atoms. The number of nitrogens with zero attached hydrogens (tertiary/aromatic N) is 1. The lowest BCUT2D eigenvalue weighted by atomic mass is 9.92. The SMILES string of the molecule is CC(C)C(C)(O)CNC(=O)c1c[nH]c(C#N)c1. The number of aliphatic hydroxyl groups is 1. The van der Waals surface area contributed by atoms with Crippen LogP contribution in [0.1, 0.15) is 36.8 Å². The van der Waals surface area contributed by atoms with Crippen LogP contribution in [0, 0.1) is 17.2 Å². The molecular weight excluding hydrogens is 218 g/mol. The fraction of sp³-hybridized carbons (Fsp3) is 0.500. The van der Waals surface area contributed by atoms with Gasteiger partial charge in [-0.15, -0.1) is 0 Å². The van der Waals surface area contributed by atoms with Gasteiger partial charge >= 0.3 is 0 Å². The van der Waals surface area contributed by atoms with E-state index < -0.39 is 5.60 Å². The largest absolute Gasteiger partial charge is 0.388 e. The maximum atomic E-state index is 11.7. The van der Waals surface area contributed by atoms with Crippen LogP contribution in [0.2, 0.25) is 0 Å². The molecule has 5 heteroatoms. The first-order valence-electron chi connectivity index (χ1n) is 5.46. The molecule has 0 aliphatic heterocycles. The molecule has 0 aliphatic carbocycles. The van der Waals surface area contributed by atoms with Crippen LogP contribution < -0.4 is 5.32 Å². The van der Waals surface area contributed by atoms with Gasteiger partial charge in [0.2, 0.25) is 0 Å². The number of carbonyl (C=O) groups excluding carboxylic acids is 1. The van der Waals surface area contributed by atoms with E-state index in [0.717, 1.165) is 0 Å². The predicted molar refractivity (Wildman–Crippen MR) is 63.3 cm³/mol. The van der Waals surface area contributed by atoms with Gasteiger partial charge in [0.05, 0.1) is 11.2 Å². The van der Waals surface area contributed by atoms with Crippen LogP contribution in [0.5, 0.6) is 0 Å². The van der Waals surface area contributed by atoms with Crippen LogP contribution >= 0.6 is 0 Å². The second-order valence-electron chi connectivity index (χ2n) is 4.61. The molecule has 0 spiro atoms. The van der Waals surface area contributed by atoms with Gasteiger partial charge in [0.15, 0.2) is 0 Å². The highest BCUT2D eigenvalue weighted by Gasteiger charge is 2.25. The highest BCUT2D eigenvalue weighted by atomic mass is 16.3. The smallest absolute Gasteiger partial charge is 0.252 e. The lowest BCUT2D eigenvalue weighted by Crippen LogP contribution is -2.44. The first-order chi connectivity index (χ1) is 7.86. The Kier molecular flexibility index (Phi) is 3.92. The van der Waals surface area contributed by atoms with Gasteiger partial charge in [-0.05, 0) is 18.9 Å². The van der Waals surface area contributed by atoms with Gasteiger partial charge in [-0.3, -0.25) is 4.79 Å². The van der Waals surface area contributed by atoms with E-state index >= 15 is 0 Å². The van der Waals surface area contributed by atoms with Crippen molar-refractivity contribution < 1.29 is 9.90 Å². The summed E-state index contributed by atoms with van der Waals surface area (Å²) in [7, 11) is 0. The van der Waals surface area contributed by atoms with Crippen LogP contribution in [-0.4, -0.2) is 28.1 Å². The number of aromatic amines is 1. The van der Waals surface area contributed by atoms with Gasteiger partial charge in [0.25, 0.3) is 5.91 Å². The molecule has 0 radical (unpaired) electrons. The Morgan fingerprint density at radius 3 is 2.82 bits per heavy atom. The minimum absolute atomic E-state index is 0.0451. The van der Waals surface area contributed by atoms with Crippen molar-refractivity contribution in [2.45, 2.75) is 26.4 Å². The average molecular weight is 235 g/mol. The third-order valence-electron chi connectivity index (χ3n) is 2.92. The van der Waals surface area contributed by atoms with Crippen molar-refractivity contribution in [3.05, 3.63) is 23.5 Å². The minimum Gasteiger partial charge on any atom is -0.388 e. The number of hydrogen-bond acceptors (Lipinski definition) is 3. The Balaban J connectivity index is 2.59. The highest BCUT2D eigenvalue weighted by molar-refractivity contribution is 5.94. The molecule has 0 bridgehead atoms. The zero-order valence-corrected chi connectivity index (χ0v) is 10.2. The van der Waals surface area contributed by atoms with E-state index in [1.54, 1.807) is 6.92 Å². The van der Waals surface area contributed by atoms with E-state index in [2.05, 4.69) is 10.3 Å². The monoisotopic (exact) mass is 235 g/mol. The molecular formula is C12H17N3O2.